The normalized spacial score (nSPS) is 20.9. The predicted octanol–water partition coefficient (Wildman–Crippen LogP) is 2.47. The average Bonchev–Trinajstić information content (AvgIpc) is 2.90. The van der Waals surface area contributed by atoms with Crippen LogP contribution in [0.1, 0.15) is 6.42 Å². The van der Waals surface area contributed by atoms with E-state index in [1.807, 2.05) is 0 Å². The summed E-state index contributed by atoms with van der Waals surface area (Å²) in [5.74, 6) is -2.77. The molecule has 18 heavy (non-hydrogen) atoms. The molecule has 0 aliphatic heterocycles. The van der Waals surface area contributed by atoms with Crippen LogP contribution in [-0.4, -0.2) is 22.2 Å². The largest absolute Gasteiger partial charge is 0.466 e. The quantitative estimate of drug-likeness (QED) is 0.926. The van der Waals surface area contributed by atoms with Crippen LogP contribution in [0.2, 0.25) is 0 Å². The number of hydrogen-bond donors (Lipinski definition) is 1. The van der Waals surface area contributed by atoms with E-state index in [2.05, 4.69) is 26.1 Å². The molecule has 1 heterocycles. The number of nitrogens with zero attached hydrogens (tertiary/aromatic N) is 1. The minimum absolute atomic E-state index is 0.0214. The number of aromatic amines is 1. The van der Waals surface area contributed by atoms with Crippen molar-refractivity contribution in [1.82, 2.24) is 10.2 Å². The van der Waals surface area contributed by atoms with Gasteiger partial charge in [0.05, 0.1) is 17.2 Å². The maximum Gasteiger partial charge on any atom is 0.288 e. The number of nitrogens with one attached hydrogen (secondary N) is 1. The fourth-order valence-electron chi connectivity index (χ4n) is 1.65. The molecule has 1 aliphatic carbocycles. The maximum atomic E-state index is 12.8. The molecule has 1 aliphatic rings. The van der Waals surface area contributed by atoms with E-state index >= 15 is 0 Å². The zero-order chi connectivity index (χ0) is 12.9. The Hall–Kier alpha value is -1.50. The second-order valence-corrected chi connectivity index (χ2v) is 5.04. The van der Waals surface area contributed by atoms with Crippen molar-refractivity contribution in [2.75, 3.05) is 0 Å². The highest BCUT2D eigenvalue weighted by Crippen LogP contribution is 2.44. The van der Waals surface area contributed by atoms with Crippen molar-refractivity contribution in [3.8, 4) is 5.88 Å². The number of ether oxygens (including phenoxy) is 1. The first-order valence-electron chi connectivity index (χ1n) is 5.20. The molecule has 3 rings (SSSR count). The lowest BCUT2D eigenvalue weighted by molar-refractivity contribution is 0.0651. The lowest BCUT2D eigenvalue weighted by Gasteiger charge is -2.06. The molecule has 7 heteroatoms. The lowest BCUT2D eigenvalue weighted by Crippen LogP contribution is -2.13. The van der Waals surface area contributed by atoms with Crippen LogP contribution >= 0.6 is 15.9 Å². The number of alkyl halides is 2. The standard InChI is InChI=1S/C11H7BrF2N2O2/c12-5-1-2-6-7(3-5)10(16-15-9(6)17)18-8-4-11(8,13)14/h1-3,8H,4H2,(H,15,17). The van der Waals surface area contributed by atoms with Crippen LogP contribution in [0.4, 0.5) is 8.78 Å². The molecule has 1 N–H and O–H groups in total. The van der Waals surface area contributed by atoms with Crippen LogP contribution < -0.4 is 10.3 Å². The van der Waals surface area contributed by atoms with Crippen molar-refractivity contribution in [3.63, 3.8) is 0 Å². The molecule has 0 radical (unpaired) electrons. The molecule has 4 nitrogen and oxygen atoms in total. The zero-order valence-electron chi connectivity index (χ0n) is 8.91. The van der Waals surface area contributed by atoms with E-state index in [4.69, 9.17) is 4.74 Å². The summed E-state index contributed by atoms with van der Waals surface area (Å²) >= 11 is 3.25. The van der Waals surface area contributed by atoms with Crippen LogP contribution in [0.25, 0.3) is 10.8 Å². The van der Waals surface area contributed by atoms with Gasteiger partial charge in [-0.15, -0.1) is 5.10 Å². The molecule has 1 atom stereocenters. The van der Waals surface area contributed by atoms with E-state index in [1.165, 1.54) is 0 Å². The van der Waals surface area contributed by atoms with Crippen molar-refractivity contribution in [1.29, 1.82) is 0 Å². The number of benzene rings is 1. The van der Waals surface area contributed by atoms with Gasteiger partial charge in [0, 0.05) is 4.47 Å². The first-order chi connectivity index (χ1) is 8.47. The zero-order valence-corrected chi connectivity index (χ0v) is 10.5. The smallest absolute Gasteiger partial charge is 0.288 e. The second-order valence-electron chi connectivity index (χ2n) is 4.12. The number of rotatable bonds is 2. The van der Waals surface area contributed by atoms with Gasteiger partial charge in [-0.05, 0) is 18.2 Å². The van der Waals surface area contributed by atoms with Gasteiger partial charge in [0.1, 0.15) is 0 Å². The Morgan fingerprint density at radius 1 is 1.44 bits per heavy atom. The number of aromatic nitrogens is 2. The molecular formula is C11H7BrF2N2O2. The Bertz CT molecular complexity index is 686. The van der Waals surface area contributed by atoms with Gasteiger partial charge in [-0.3, -0.25) is 4.79 Å². The van der Waals surface area contributed by atoms with Crippen molar-refractivity contribution in [3.05, 3.63) is 33.0 Å². The monoisotopic (exact) mass is 316 g/mol. The highest BCUT2D eigenvalue weighted by molar-refractivity contribution is 9.10. The van der Waals surface area contributed by atoms with Gasteiger partial charge in [-0.25, -0.2) is 13.9 Å². The molecule has 1 fully saturated rings. The van der Waals surface area contributed by atoms with Crippen LogP contribution in [0.15, 0.2) is 27.5 Å². The molecule has 0 amide bonds. The van der Waals surface area contributed by atoms with E-state index in [0.29, 0.717) is 10.8 Å². The summed E-state index contributed by atoms with van der Waals surface area (Å²) in [6, 6.07) is 4.89. The van der Waals surface area contributed by atoms with Crippen molar-refractivity contribution < 1.29 is 13.5 Å². The second kappa shape index (κ2) is 3.74. The topological polar surface area (TPSA) is 55.0 Å². The summed E-state index contributed by atoms with van der Waals surface area (Å²) < 4.78 is 31.4. The molecule has 2 aromatic rings. The molecule has 1 aromatic heterocycles. The van der Waals surface area contributed by atoms with Gasteiger partial charge in [0.15, 0.2) is 6.10 Å². The van der Waals surface area contributed by atoms with E-state index in [0.717, 1.165) is 4.47 Å². The van der Waals surface area contributed by atoms with Crippen molar-refractivity contribution >= 4 is 26.7 Å². The van der Waals surface area contributed by atoms with E-state index in [-0.39, 0.29) is 17.9 Å². The number of halogens is 3. The summed E-state index contributed by atoms with van der Waals surface area (Å²) in [5, 5.41) is 6.68. The van der Waals surface area contributed by atoms with Gasteiger partial charge < -0.3 is 4.74 Å². The van der Waals surface area contributed by atoms with E-state index < -0.39 is 12.0 Å². The predicted molar refractivity (Wildman–Crippen MR) is 64.0 cm³/mol. The Morgan fingerprint density at radius 3 is 2.83 bits per heavy atom. The van der Waals surface area contributed by atoms with E-state index in [1.54, 1.807) is 18.2 Å². The third-order valence-corrected chi connectivity index (χ3v) is 3.23. The molecule has 1 aromatic carbocycles. The van der Waals surface area contributed by atoms with Crippen molar-refractivity contribution in [2.45, 2.75) is 18.4 Å². The Kier molecular flexibility index (Phi) is 2.41. The fourth-order valence-corrected chi connectivity index (χ4v) is 2.02. The molecule has 94 valence electrons. The molecular weight excluding hydrogens is 310 g/mol. The third-order valence-electron chi connectivity index (χ3n) is 2.74. The van der Waals surface area contributed by atoms with Gasteiger partial charge >= 0.3 is 0 Å². The molecule has 0 spiro atoms. The number of fused-ring (bicyclic) bond motifs is 1. The van der Waals surface area contributed by atoms with Crippen LogP contribution in [0.5, 0.6) is 5.88 Å². The Balaban J connectivity index is 2.09. The van der Waals surface area contributed by atoms with Crippen LogP contribution in [0.3, 0.4) is 0 Å². The minimum Gasteiger partial charge on any atom is -0.466 e. The third kappa shape index (κ3) is 1.88. The highest BCUT2D eigenvalue weighted by Gasteiger charge is 2.60. The van der Waals surface area contributed by atoms with Gasteiger partial charge in [0.2, 0.25) is 5.88 Å². The maximum absolute atomic E-state index is 12.8. The van der Waals surface area contributed by atoms with Gasteiger partial charge in [0.25, 0.3) is 11.5 Å². The van der Waals surface area contributed by atoms with Crippen molar-refractivity contribution in [2.24, 2.45) is 0 Å². The highest BCUT2D eigenvalue weighted by atomic mass is 79.9. The minimum atomic E-state index is -2.80. The number of hydrogen-bond acceptors (Lipinski definition) is 3. The average molecular weight is 317 g/mol. The molecule has 1 unspecified atom stereocenters. The number of H-pyrrole nitrogens is 1. The van der Waals surface area contributed by atoms with Gasteiger partial charge in [-0.2, -0.15) is 0 Å². The summed E-state index contributed by atoms with van der Waals surface area (Å²) in [5.41, 5.74) is -0.382. The summed E-state index contributed by atoms with van der Waals surface area (Å²) in [6.07, 6.45) is -1.47. The Morgan fingerprint density at radius 2 is 2.17 bits per heavy atom. The lowest BCUT2D eigenvalue weighted by atomic mass is 10.2. The van der Waals surface area contributed by atoms with E-state index in [9.17, 15) is 13.6 Å². The fraction of sp³-hybridized carbons (Fsp3) is 0.273. The van der Waals surface area contributed by atoms with Gasteiger partial charge in [-0.1, -0.05) is 15.9 Å². The SMILES string of the molecule is O=c1[nH]nc(OC2CC2(F)F)c2cc(Br)ccc12. The summed E-state index contributed by atoms with van der Waals surface area (Å²) in [7, 11) is 0. The molecule has 0 bridgehead atoms. The first kappa shape index (κ1) is 11.6. The molecule has 0 saturated heterocycles. The summed E-state index contributed by atoms with van der Waals surface area (Å²) in [6.45, 7) is 0. The summed E-state index contributed by atoms with van der Waals surface area (Å²) in [4.78, 5) is 11.5. The van der Waals surface area contributed by atoms with Crippen LogP contribution in [-0.2, 0) is 0 Å². The Labute approximate surface area is 108 Å². The van der Waals surface area contributed by atoms with Crippen LogP contribution in [0, 0.1) is 0 Å². The molecule has 1 saturated carbocycles. The first-order valence-corrected chi connectivity index (χ1v) is 5.99.